The van der Waals surface area contributed by atoms with E-state index in [2.05, 4.69) is 24.4 Å². The van der Waals surface area contributed by atoms with Crippen LogP contribution in [0, 0.1) is 37.5 Å². The first-order valence-electron chi connectivity index (χ1n) is 8.48. The van der Waals surface area contributed by atoms with Gasteiger partial charge < -0.3 is 5.32 Å². The molecule has 112 valence electrons. The average molecular weight is 283 g/mol. The van der Waals surface area contributed by atoms with Crippen LogP contribution in [0.15, 0.2) is 18.2 Å². The molecule has 1 N–H and O–H groups in total. The molecule has 4 fully saturated rings. The van der Waals surface area contributed by atoms with Crippen LogP contribution in [-0.2, 0) is 0 Å². The second kappa shape index (κ2) is 4.86. The highest BCUT2D eigenvalue weighted by Crippen LogP contribution is 2.53. The molecule has 4 aliphatic rings. The monoisotopic (exact) mass is 283 g/mol. The quantitative estimate of drug-likeness (QED) is 0.877. The van der Waals surface area contributed by atoms with E-state index in [4.69, 9.17) is 0 Å². The predicted octanol–water partition coefficient (Wildman–Crippen LogP) is 3.86. The van der Waals surface area contributed by atoms with Gasteiger partial charge in [0.25, 0.3) is 5.91 Å². The lowest BCUT2D eigenvalue weighted by atomic mass is 9.54. The third-order valence-electron chi connectivity index (χ3n) is 6.16. The lowest BCUT2D eigenvalue weighted by Gasteiger charge is -2.54. The van der Waals surface area contributed by atoms with Crippen molar-refractivity contribution in [3.63, 3.8) is 0 Å². The summed E-state index contributed by atoms with van der Waals surface area (Å²) in [5.74, 6) is 3.56. The fourth-order valence-corrected chi connectivity index (χ4v) is 5.37. The number of carbonyl (C=O) groups is 1. The molecule has 5 rings (SSSR count). The first-order chi connectivity index (χ1) is 10.1. The van der Waals surface area contributed by atoms with E-state index in [1.165, 1.54) is 32.1 Å². The summed E-state index contributed by atoms with van der Waals surface area (Å²) in [6.07, 6.45) is 6.87. The fraction of sp³-hybridized carbons (Fsp3) is 0.632. The zero-order chi connectivity index (χ0) is 14.6. The van der Waals surface area contributed by atoms with Gasteiger partial charge in [0.15, 0.2) is 0 Å². The van der Waals surface area contributed by atoms with E-state index in [1.54, 1.807) is 0 Å². The molecule has 4 aliphatic carbocycles. The molecule has 0 saturated heterocycles. The van der Waals surface area contributed by atoms with E-state index in [-0.39, 0.29) is 5.91 Å². The van der Waals surface area contributed by atoms with Crippen LogP contribution in [0.25, 0.3) is 0 Å². The van der Waals surface area contributed by atoms with Gasteiger partial charge >= 0.3 is 0 Å². The number of aryl methyl sites for hydroxylation is 2. The van der Waals surface area contributed by atoms with Crippen LogP contribution in [0.3, 0.4) is 0 Å². The van der Waals surface area contributed by atoms with Crippen molar-refractivity contribution in [2.45, 2.75) is 52.0 Å². The summed E-state index contributed by atoms with van der Waals surface area (Å²) < 4.78 is 0. The van der Waals surface area contributed by atoms with E-state index in [1.807, 2.05) is 13.0 Å². The largest absolute Gasteiger partial charge is 0.349 e. The average Bonchev–Trinajstić information content (AvgIpc) is 2.44. The smallest absolute Gasteiger partial charge is 0.251 e. The molecule has 0 aromatic heterocycles. The van der Waals surface area contributed by atoms with E-state index >= 15 is 0 Å². The second-order valence-electron chi connectivity index (χ2n) is 7.75. The molecule has 0 aliphatic heterocycles. The van der Waals surface area contributed by atoms with Crippen molar-refractivity contribution in [3.8, 4) is 0 Å². The third-order valence-corrected chi connectivity index (χ3v) is 6.16. The molecule has 2 nitrogen and oxygen atoms in total. The summed E-state index contributed by atoms with van der Waals surface area (Å²) in [5.41, 5.74) is 3.11. The van der Waals surface area contributed by atoms with Crippen LogP contribution in [-0.4, -0.2) is 11.9 Å². The van der Waals surface area contributed by atoms with Gasteiger partial charge in [-0.1, -0.05) is 17.7 Å². The van der Waals surface area contributed by atoms with E-state index in [9.17, 15) is 4.79 Å². The fourth-order valence-electron chi connectivity index (χ4n) is 5.37. The molecule has 4 bridgehead atoms. The predicted molar refractivity (Wildman–Crippen MR) is 84.2 cm³/mol. The Kier molecular flexibility index (Phi) is 3.09. The standard InChI is InChI=1S/C19H25NO/c1-11-3-4-12(2)17(5-11)19(21)20-18-15-7-13-6-14(9-15)10-16(18)8-13/h3-5,13-16,18H,6-10H2,1-2H3,(H,20,21). The van der Waals surface area contributed by atoms with Gasteiger partial charge in [-0.05, 0) is 81.3 Å². The number of hydrogen-bond donors (Lipinski definition) is 1. The Morgan fingerprint density at radius 2 is 1.62 bits per heavy atom. The molecule has 1 aromatic carbocycles. The van der Waals surface area contributed by atoms with Crippen LogP contribution in [0.2, 0.25) is 0 Å². The summed E-state index contributed by atoms with van der Waals surface area (Å²) in [7, 11) is 0. The number of nitrogens with one attached hydrogen (secondary N) is 1. The molecule has 1 amide bonds. The van der Waals surface area contributed by atoms with Gasteiger partial charge in [0.1, 0.15) is 0 Å². The van der Waals surface area contributed by atoms with Crippen molar-refractivity contribution < 1.29 is 4.79 Å². The molecule has 1 aromatic rings. The minimum Gasteiger partial charge on any atom is -0.349 e. The van der Waals surface area contributed by atoms with Crippen molar-refractivity contribution in [2.24, 2.45) is 23.7 Å². The number of carbonyl (C=O) groups excluding carboxylic acids is 1. The Labute approximate surface area is 127 Å². The third kappa shape index (κ3) is 2.29. The number of benzene rings is 1. The number of rotatable bonds is 2. The maximum Gasteiger partial charge on any atom is 0.251 e. The van der Waals surface area contributed by atoms with Gasteiger partial charge in [0.2, 0.25) is 0 Å². The lowest BCUT2D eigenvalue weighted by molar-refractivity contribution is -0.0119. The highest BCUT2D eigenvalue weighted by atomic mass is 16.1. The Hall–Kier alpha value is -1.31. The van der Waals surface area contributed by atoms with Crippen LogP contribution < -0.4 is 5.32 Å². The van der Waals surface area contributed by atoms with Crippen molar-refractivity contribution >= 4 is 5.91 Å². The molecule has 0 heterocycles. The molecule has 0 unspecified atom stereocenters. The van der Waals surface area contributed by atoms with E-state index in [0.717, 1.165) is 40.4 Å². The summed E-state index contributed by atoms with van der Waals surface area (Å²) >= 11 is 0. The maximum absolute atomic E-state index is 12.7. The van der Waals surface area contributed by atoms with Gasteiger partial charge in [0.05, 0.1) is 0 Å². The van der Waals surface area contributed by atoms with Gasteiger partial charge in [-0.3, -0.25) is 4.79 Å². The molecule has 21 heavy (non-hydrogen) atoms. The second-order valence-corrected chi connectivity index (χ2v) is 7.75. The van der Waals surface area contributed by atoms with Gasteiger partial charge in [0, 0.05) is 11.6 Å². The Bertz CT molecular complexity index is 549. The Morgan fingerprint density at radius 3 is 2.24 bits per heavy atom. The van der Waals surface area contributed by atoms with Gasteiger partial charge in [-0.15, -0.1) is 0 Å². The zero-order valence-corrected chi connectivity index (χ0v) is 13.1. The highest BCUT2D eigenvalue weighted by Gasteiger charge is 2.48. The minimum atomic E-state index is 0.147. The SMILES string of the molecule is Cc1ccc(C)c(C(=O)NC2C3CC4CC(C3)CC2C4)c1. The first kappa shape index (κ1) is 13.4. The van der Waals surface area contributed by atoms with Crippen molar-refractivity contribution in [2.75, 3.05) is 0 Å². The molecular weight excluding hydrogens is 258 g/mol. The molecule has 0 spiro atoms. The van der Waals surface area contributed by atoms with Crippen molar-refractivity contribution in [1.29, 1.82) is 0 Å². The first-order valence-corrected chi connectivity index (χ1v) is 8.48. The maximum atomic E-state index is 12.7. The summed E-state index contributed by atoms with van der Waals surface area (Å²) in [6.45, 7) is 4.09. The molecule has 0 atom stereocenters. The van der Waals surface area contributed by atoms with Crippen LogP contribution in [0.1, 0.15) is 53.6 Å². The topological polar surface area (TPSA) is 29.1 Å². The van der Waals surface area contributed by atoms with Crippen molar-refractivity contribution in [3.05, 3.63) is 34.9 Å². The van der Waals surface area contributed by atoms with E-state index < -0.39 is 0 Å². The van der Waals surface area contributed by atoms with E-state index in [0.29, 0.717) is 6.04 Å². The normalized spacial score (nSPS) is 36.8. The zero-order valence-electron chi connectivity index (χ0n) is 13.1. The highest BCUT2D eigenvalue weighted by molar-refractivity contribution is 5.96. The lowest BCUT2D eigenvalue weighted by Crippen LogP contribution is -2.55. The minimum absolute atomic E-state index is 0.147. The van der Waals surface area contributed by atoms with Crippen LogP contribution >= 0.6 is 0 Å². The Balaban J connectivity index is 1.53. The summed E-state index contributed by atoms with van der Waals surface area (Å²) in [6, 6.07) is 6.60. The summed E-state index contributed by atoms with van der Waals surface area (Å²) in [4.78, 5) is 12.7. The molecule has 4 saturated carbocycles. The molecule has 2 heteroatoms. The van der Waals surface area contributed by atoms with Gasteiger partial charge in [-0.25, -0.2) is 0 Å². The van der Waals surface area contributed by atoms with Crippen molar-refractivity contribution in [1.82, 2.24) is 5.32 Å². The van der Waals surface area contributed by atoms with Gasteiger partial charge in [-0.2, -0.15) is 0 Å². The summed E-state index contributed by atoms with van der Waals surface area (Å²) in [5, 5.41) is 3.41. The van der Waals surface area contributed by atoms with Crippen LogP contribution in [0.5, 0.6) is 0 Å². The Morgan fingerprint density at radius 1 is 1.00 bits per heavy atom. The van der Waals surface area contributed by atoms with Crippen LogP contribution in [0.4, 0.5) is 0 Å². The molecule has 0 radical (unpaired) electrons. The molecular formula is C19H25NO. The number of amides is 1. The number of hydrogen-bond acceptors (Lipinski definition) is 1.